The lowest BCUT2D eigenvalue weighted by Gasteiger charge is -2.31. The van der Waals surface area contributed by atoms with Crippen LogP contribution in [0.5, 0.6) is 5.75 Å². The number of anilines is 1. The molecular weight excluding hydrogens is 292 g/mol. The Morgan fingerprint density at radius 1 is 1.30 bits per heavy atom. The fraction of sp³-hybridized carbons (Fsp3) is 0.556. The number of hydrogen-bond donors (Lipinski definition) is 1. The average Bonchev–Trinajstić information content (AvgIpc) is 2.56. The molecule has 1 fully saturated rings. The second-order valence-corrected chi connectivity index (χ2v) is 6.49. The van der Waals surface area contributed by atoms with Gasteiger partial charge in [-0.3, -0.25) is 9.59 Å². The summed E-state index contributed by atoms with van der Waals surface area (Å²) >= 11 is 0. The molecule has 5 nitrogen and oxygen atoms in total. The van der Waals surface area contributed by atoms with Gasteiger partial charge in [0, 0.05) is 19.0 Å². The molecule has 1 N–H and O–H groups in total. The van der Waals surface area contributed by atoms with Crippen molar-refractivity contribution in [2.24, 2.45) is 5.92 Å². The van der Waals surface area contributed by atoms with Gasteiger partial charge in [0.2, 0.25) is 5.91 Å². The predicted molar refractivity (Wildman–Crippen MR) is 88.5 cm³/mol. The van der Waals surface area contributed by atoms with E-state index in [9.17, 15) is 9.59 Å². The first-order valence-electron chi connectivity index (χ1n) is 8.46. The number of fused-ring (bicyclic) bond motifs is 1. The van der Waals surface area contributed by atoms with Gasteiger partial charge in [0.25, 0.3) is 5.91 Å². The number of hydrogen-bond acceptors (Lipinski definition) is 3. The number of benzene rings is 1. The minimum atomic E-state index is -0.0949. The molecular formula is C18H24N2O3. The smallest absolute Gasteiger partial charge is 0.265 e. The van der Waals surface area contributed by atoms with Gasteiger partial charge in [0.15, 0.2) is 6.61 Å². The van der Waals surface area contributed by atoms with Crippen LogP contribution in [0, 0.1) is 5.92 Å². The molecule has 1 aliphatic carbocycles. The van der Waals surface area contributed by atoms with Crippen LogP contribution in [-0.4, -0.2) is 31.0 Å². The molecule has 1 aromatic carbocycles. The third-order valence-electron chi connectivity index (χ3n) is 4.83. The number of para-hydroxylation sites is 2. The van der Waals surface area contributed by atoms with Crippen molar-refractivity contribution in [1.82, 2.24) is 5.32 Å². The minimum absolute atomic E-state index is 0.0283. The Labute approximate surface area is 137 Å². The molecule has 23 heavy (non-hydrogen) atoms. The van der Waals surface area contributed by atoms with Gasteiger partial charge in [-0.1, -0.05) is 31.9 Å². The van der Waals surface area contributed by atoms with Gasteiger partial charge in [0.1, 0.15) is 5.75 Å². The summed E-state index contributed by atoms with van der Waals surface area (Å²) in [5.41, 5.74) is 0.752. The summed E-state index contributed by atoms with van der Waals surface area (Å²) in [5, 5.41) is 3.14. The molecule has 124 valence electrons. The number of carbonyl (C=O) groups is 2. The Balaban J connectivity index is 1.57. The molecule has 1 saturated carbocycles. The van der Waals surface area contributed by atoms with Gasteiger partial charge in [-0.15, -0.1) is 0 Å². The third-order valence-corrected chi connectivity index (χ3v) is 4.83. The number of nitrogens with zero attached hydrogens (tertiary/aromatic N) is 1. The van der Waals surface area contributed by atoms with Crippen molar-refractivity contribution in [1.29, 1.82) is 0 Å². The number of amides is 2. The van der Waals surface area contributed by atoms with E-state index in [4.69, 9.17) is 4.74 Å². The maximum atomic E-state index is 12.2. The van der Waals surface area contributed by atoms with E-state index in [1.54, 1.807) is 4.90 Å². The van der Waals surface area contributed by atoms with Gasteiger partial charge in [0.05, 0.1) is 5.69 Å². The van der Waals surface area contributed by atoms with Crippen LogP contribution in [0.15, 0.2) is 24.3 Å². The Morgan fingerprint density at radius 2 is 2.09 bits per heavy atom. The van der Waals surface area contributed by atoms with Crippen molar-refractivity contribution in [3.63, 3.8) is 0 Å². The molecule has 2 aliphatic rings. The number of carbonyl (C=O) groups excluding carboxylic acids is 2. The first-order valence-corrected chi connectivity index (χ1v) is 8.46. The highest BCUT2D eigenvalue weighted by molar-refractivity contribution is 5.98. The average molecular weight is 316 g/mol. The van der Waals surface area contributed by atoms with E-state index in [0.29, 0.717) is 24.6 Å². The highest BCUT2D eigenvalue weighted by Gasteiger charge is 2.27. The summed E-state index contributed by atoms with van der Waals surface area (Å²) in [6.07, 6.45) is 5.01. The van der Waals surface area contributed by atoms with E-state index in [1.165, 1.54) is 19.3 Å². The second-order valence-electron chi connectivity index (χ2n) is 6.49. The van der Waals surface area contributed by atoms with Crippen molar-refractivity contribution >= 4 is 17.5 Å². The Morgan fingerprint density at radius 3 is 2.91 bits per heavy atom. The summed E-state index contributed by atoms with van der Waals surface area (Å²) in [6, 6.07) is 7.73. The molecule has 3 rings (SSSR count). The van der Waals surface area contributed by atoms with E-state index in [1.807, 2.05) is 24.3 Å². The molecule has 0 spiro atoms. The van der Waals surface area contributed by atoms with Crippen LogP contribution in [0.3, 0.4) is 0 Å². The second kappa shape index (κ2) is 7.02. The zero-order valence-corrected chi connectivity index (χ0v) is 13.6. The first kappa shape index (κ1) is 15.8. The fourth-order valence-corrected chi connectivity index (χ4v) is 3.42. The Hall–Kier alpha value is -2.04. The summed E-state index contributed by atoms with van der Waals surface area (Å²) in [4.78, 5) is 26.0. The highest BCUT2D eigenvalue weighted by atomic mass is 16.5. The first-order chi connectivity index (χ1) is 11.1. The van der Waals surface area contributed by atoms with Crippen LogP contribution in [0.1, 0.15) is 39.0 Å². The van der Waals surface area contributed by atoms with Gasteiger partial charge in [-0.25, -0.2) is 0 Å². The van der Waals surface area contributed by atoms with Crippen molar-refractivity contribution < 1.29 is 14.3 Å². The van der Waals surface area contributed by atoms with Crippen molar-refractivity contribution in [2.45, 2.75) is 45.1 Å². The molecule has 2 atom stereocenters. The molecule has 1 heterocycles. The highest BCUT2D eigenvalue weighted by Crippen LogP contribution is 2.31. The quantitative estimate of drug-likeness (QED) is 0.928. The van der Waals surface area contributed by atoms with Crippen molar-refractivity contribution in [3.05, 3.63) is 24.3 Å². The summed E-state index contributed by atoms with van der Waals surface area (Å²) in [5.74, 6) is 1.18. The van der Waals surface area contributed by atoms with Crippen LogP contribution in [-0.2, 0) is 9.59 Å². The topological polar surface area (TPSA) is 58.6 Å². The van der Waals surface area contributed by atoms with Crippen LogP contribution in [0.2, 0.25) is 0 Å². The Kier molecular flexibility index (Phi) is 4.84. The number of rotatable bonds is 4. The van der Waals surface area contributed by atoms with Crippen LogP contribution >= 0.6 is 0 Å². The fourth-order valence-electron chi connectivity index (χ4n) is 3.42. The molecule has 0 radical (unpaired) electrons. The Bertz CT molecular complexity index is 587. The van der Waals surface area contributed by atoms with Crippen LogP contribution in [0.4, 0.5) is 5.69 Å². The number of nitrogens with one attached hydrogen (secondary N) is 1. The lowest BCUT2D eigenvalue weighted by molar-refractivity contribution is -0.122. The normalized spacial score (nSPS) is 23.9. The van der Waals surface area contributed by atoms with Gasteiger partial charge in [-0.2, -0.15) is 0 Å². The SMILES string of the molecule is C[C@@H]1CCCC[C@H]1NC(=O)CCN1C(=O)COc2ccccc21. The van der Waals surface area contributed by atoms with Gasteiger partial charge in [-0.05, 0) is 30.9 Å². The molecule has 5 heteroatoms. The van der Waals surface area contributed by atoms with E-state index < -0.39 is 0 Å². The van der Waals surface area contributed by atoms with Crippen LogP contribution < -0.4 is 15.0 Å². The minimum Gasteiger partial charge on any atom is -0.482 e. The van der Waals surface area contributed by atoms with Crippen molar-refractivity contribution in [2.75, 3.05) is 18.1 Å². The monoisotopic (exact) mass is 316 g/mol. The molecule has 0 unspecified atom stereocenters. The summed E-state index contributed by atoms with van der Waals surface area (Å²) in [6.45, 7) is 2.64. The number of ether oxygens (including phenoxy) is 1. The summed E-state index contributed by atoms with van der Waals surface area (Å²) < 4.78 is 5.42. The van der Waals surface area contributed by atoms with Gasteiger partial charge < -0.3 is 15.0 Å². The maximum absolute atomic E-state index is 12.2. The van der Waals surface area contributed by atoms with E-state index in [-0.39, 0.29) is 24.5 Å². The maximum Gasteiger partial charge on any atom is 0.265 e. The van der Waals surface area contributed by atoms with E-state index in [0.717, 1.165) is 12.1 Å². The predicted octanol–water partition coefficient (Wildman–Crippen LogP) is 2.50. The molecule has 0 bridgehead atoms. The molecule has 0 saturated heterocycles. The van der Waals surface area contributed by atoms with Crippen LogP contribution in [0.25, 0.3) is 0 Å². The van der Waals surface area contributed by atoms with Crippen molar-refractivity contribution in [3.8, 4) is 5.75 Å². The summed E-state index contributed by atoms with van der Waals surface area (Å²) in [7, 11) is 0. The zero-order chi connectivity index (χ0) is 16.2. The van der Waals surface area contributed by atoms with E-state index >= 15 is 0 Å². The lowest BCUT2D eigenvalue weighted by atomic mass is 9.86. The van der Waals surface area contributed by atoms with E-state index in [2.05, 4.69) is 12.2 Å². The molecule has 2 amide bonds. The zero-order valence-electron chi connectivity index (χ0n) is 13.6. The molecule has 0 aromatic heterocycles. The third kappa shape index (κ3) is 3.66. The lowest BCUT2D eigenvalue weighted by Crippen LogP contribution is -2.44. The largest absolute Gasteiger partial charge is 0.482 e. The molecule has 1 aromatic rings. The van der Waals surface area contributed by atoms with Gasteiger partial charge >= 0.3 is 0 Å². The standard InChI is InChI=1S/C18H24N2O3/c1-13-6-2-3-7-14(13)19-17(21)10-11-20-15-8-4-5-9-16(15)23-12-18(20)22/h4-5,8-9,13-14H,2-3,6-7,10-12H2,1H3,(H,19,21)/t13-,14-/m1/s1. The molecule has 1 aliphatic heterocycles.